The normalized spacial score (nSPS) is 10.3. The quantitative estimate of drug-likeness (QED) is 0.614. The molecule has 0 amide bonds. The zero-order valence-electron chi connectivity index (χ0n) is 10.1. The molecule has 0 unspecified atom stereocenters. The van der Waals surface area contributed by atoms with E-state index in [-0.39, 0.29) is 17.3 Å². The largest absolute Gasteiger partial charge is 0.463 e. The zero-order chi connectivity index (χ0) is 13.1. The molecule has 0 fully saturated rings. The summed E-state index contributed by atoms with van der Waals surface area (Å²) < 4.78 is 14.9. The van der Waals surface area contributed by atoms with Gasteiger partial charge in [-0.3, -0.25) is 4.79 Å². The third-order valence-corrected chi connectivity index (χ3v) is 2.45. The lowest BCUT2D eigenvalue weighted by molar-refractivity contribution is 0.0563. The number of methoxy groups -OCH3 is 1. The Labute approximate surface area is 103 Å². The van der Waals surface area contributed by atoms with Crippen LogP contribution in [0.1, 0.15) is 39.6 Å². The number of carbonyl (C=O) groups is 2. The van der Waals surface area contributed by atoms with Crippen molar-refractivity contribution in [3.05, 3.63) is 47.3 Å². The summed E-state index contributed by atoms with van der Waals surface area (Å²) in [6, 6.07) is 6.13. The Hall–Kier alpha value is -2.30. The smallest absolute Gasteiger partial charge is 0.373 e. The van der Waals surface area contributed by atoms with Gasteiger partial charge >= 0.3 is 5.97 Å². The highest BCUT2D eigenvalue weighted by atomic mass is 16.5. The molecule has 0 aromatic carbocycles. The standard InChI is InChI=1S/C13H12O5/c1-3-8-4-5-9(17-8)12(14)10-6-7-11(18-10)13(15)16-2/h4-7H,3H2,1-2H3. The maximum absolute atomic E-state index is 12.0. The minimum absolute atomic E-state index is 0.0110. The summed E-state index contributed by atoms with van der Waals surface area (Å²) in [5.41, 5.74) is 0. The number of aryl methyl sites for hydroxylation is 1. The molecule has 0 atom stereocenters. The van der Waals surface area contributed by atoms with Gasteiger partial charge in [0.2, 0.25) is 5.76 Å². The molecule has 2 aromatic rings. The van der Waals surface area contributed by atoms with Crippen molar-refractivity contribution in [2.24, 2.45) is 0 Å². The van der Waals surface area contributed by atoms with E-state index in [1.165, 1.54) is 19.2 Å². The van der Waals surface area contributed by atoms with Crippen LogP contribution in [-0.4, -0.2) is 18.9 Å². The molecule has 0 N–H and O–H groups in total. The van der Waals surface area contributed by atoms with E-state index in [1.807, 2.05) is 6.92 Å². The van der Waals surface area contributed by atoms with Gasteiger partial charge in [0.15, 0.2) is 11.5 Å². The average molecular weight is 248 g/mol. The highest BCUT2D eigenvalue weighted by molar-refractivity contribution is 6.05. The Bertz CT molecular complexity index is 576. The molecule has 0 saturated heterocycles. The second-order valence-electron chi connectivity index (χ2n) is 3.60. The van der Waals surface area contributed by atoms with Crippen molar-refractivity contribution in [2.45, 2.75) is 13.3 Å². The Morgan fingerprint density at radius 1 is 1.06 bits per heavy atom. The van der Waals surface area contributed by atoms with Crippen LogP contribution in [0.5, 0.6) is 0 Å². The highest BCUT2D eigenvalue weighted by Gasteiger charge is 2.19. The second kappa shape index (κ2) is 4.91. The number of furan rings is 2. The zero-order valence-corrected chi connectivity index (χ0v) is 10.1. The monoisotopic (exact) mass is 248 g/mol. The molecule has 2 heterocycles. The molecule has 0 bridgehead atoms. The first-order valence-corrected chi connectivity index (χ1v) is 5.47. The highest BCUT2D eigenvalue weighted by Crippen LogP contribution is 2.16. The van der Waals surface area contributed by atoms with E-state index in [0.717, 1.165) is 5.76 Å². The number of hydrogen-bond donors (Lipinski definition) is 0. The van der Waals surface area contributed by atoms with E-state index in [4.69, 9.17) is 8.83 Å². The lowest BCUT2D eigenvalue weighted by Crippen LogP contribution is -2.00. The van der Waals surface area contributed by atoms with Crippen molar-refractivity contribution >= 4 is 11.8 Å². The molecular weight excluding hydrogens is 236 g/mol. The molecular formula is C13H12O5. The van der Waals surface area contributed by atoms with Gasteiger partial charge in [-0.15, -0.1) is 0 Å². The molecule has 94 valence electrons. The molecule has 0 saturated carbocycles. The fourth-order valence-electron chi connectivity index (χ4n) is 1.48. The summed E-state index contributed by atoms with van der Waals surface area (Å²) in [6.45, 7) is 1.93. The molecule has 5 nitrogen and oxygen atoms in total. The molecule has 0 aliphatic heterocycles. The third kappa shape index (κ3) is 2.20. The molecule has 0 spiro atoms. The van der Waals surface area contributed by atoms with Crippen LogP contribution < -0.4 is 0 Å². The number of rotatable bonds is 4. The van der Waals surface area contributed by atoms with Crippen molar-refractivity contribution in [3.8, 4) is 0 Å². The van der Waals surface area contributed by atoms with Gasteiger partial charge in [-0.25, -0.2) is 4.79 Å². The molecule has 0 radical (unpaired) electrons. The van der Waals surface area contributed by atoms with Crippen molar-refractivity contribution in [2.75, 3.05) is 7.11 Å². The molecule has 2 aromatic heterocycles. The predicted octanol–water partition coefficient (Wildman–Crippen LogP) is 2.45. The van der Waals surface area contributed by atoms with Crippen molar-refractivity contribution in [3.63, 3.8) is 0 Å². The lowest BCUT2D eigenvalue weighted by Gasteiger charge is -1.94. The Balaban J connectivity index is 2.23. The predicted molar refractivity (Wildman–Crippen MR) is 61.6 cm³/mol. The van der Waals surface area contributed by atoms with E-state index < -0.39 is 11.8 Å². The summed E-state index contributed by atoms with van der Waals surface area (Å²) in [5, 5.41) is 0. The molecule has 0 aliphatic rings. The Kier molecular flexibility index (Phi) is 3.32. The van der Waals surface area contributed by atoms with Crippen LogP contribution in [0.2, 0.25) is 0 Å². The van der Waals surface area contributed by atoms with Crippen LogP contribution in [0.15, 0.2) is 33.1 Å². The van der Waals surface area contributed by atoms with Gasteiger partial charge in [0, 0.05) is 6.42 Å². The van der Waals surface area contributed by atoms with Gasteiger partial charge in [0.05, 0.1) is 7.11 Å². The Morgan fingerprint density at radius 3 is 2.28 bits per heavy atom. The Morgan fingerprint density at radius 2 is 1.67 bits per heavy atom. The number of ketones is 1. The lowest BCUT2D eigenvalue weighted by atomic mass is 10.2. The van der Waals surface area contributed by atoms with Gasteiger partial charge < -0.3 is 13.6 Å². The number of hydrogen-bond acceptors (Lipinski definition) is 5. The fourth-order valence-corrected chi connectivity index (χ4v) is 1.48. The van der Waals surface area contributed by atoms with E-state index in [0.29, 0.717) is 6.42 Å². The number of carbonyl (C=O) groups excluding carboxylic acids is 2. The second-order valence-corrected chi connectivity index (χ2v) is 3.60. The van der Waals surface area contributed by atoms with Crippen LogP contribution in [0, 0.1) is 0 Å². The third-order valence-electron chi connectivity index (χ3n) is 2.45. The minimum Gasteiger partial charge on any atom is -0.463 e. The van der Waals surface area contributed by atoms with Crippen LogP contribution in [0.4, 0.5) is 0 Å². The van der Waals surface area contributed by atoms with Crippen LogP contribution >= 0.6 is 0 Å². The number of ether oxygens (including phenoxy) is 1. The molecule has 0 aliphatic carbocycles. The summed E-state index contributed by atoms with van der Waals surface area (Å²) in [7, 11) is 1.24. The van der Waals surface area contributed by atoms with E-state index >= 15 is 0 Å². The van der Waals surface area contributed by atoms with Crippen molar-refractivity contribution in [1.82, 2.24) is 0 Å². The van der Waals surface area contributed by atoms with Crippen LogP contribution in [-0.2, 0) is 11.2 Å². The maximum atomic E-state index is 12.0. The molecule has 5 heteroatoms. The maximum Gasteiger partial charge on any atom is 0.373 e. The van der Waals surface area contributed by atoms with Crippen molar-refractivity contribution in [1.29, 1.82) is 0 Å². The molecule has 18 heavy (non-hydrogen) atoms. The summed E-state index contributed by atoms with van der Waals surface area (Å²) >= 11 is 0. The number of esters is 1. The van der Waals surface area contributed by atoms with Crippen molar-refractivity contribution < 1.29 is 23.2 Å². The van der Waals surface area contributed by atoms with Crippen LogP contribution in [0.3, 0.4) is 0 Å². The van der Waals surface area contributed by atoms with Gasteiger partial charge in [0.25, 0.3) is 5.78 Å². The van der Waals surface area contributed by atoms with E-state index in [9.17, 15) is 9.59 Å². The van der Waals surface area contributed by atoms with E-state index in [1.54, 1.807) is 12.1 Å². The first kappa shape index (κ1) is 12.2. The minimum atomic E-state index is -0.622. The van der Waals surface area contributed by atoms with Gasteiger partial charge in [-0.2, -0.15) is 0 Å². The fraction of sp³-hybridized carbons (Fsp3) is 0.231. The summed E-state index contributed by atoms with van der Waals surface area (Å²) in [4.78, 5) is 23.1. The summed E-state index contributed by atoms with van der Waals surface area (Å²) in [5.74, 6) is -0.0705. The SMILES string of the molecule is CCc1ccc(C(=O)c2ccc(C(=O)OC)o2)o1. The average Bonchev–Trinajstić information content (AvgIpc) is 3.05. The topological polar surface area (TPSA) is 69.7 Å². The van der Waals surface area contributed by atoms with E-state index in [2.05, 4.69) is 4.74 Å². The molecule has 2 rings (SSSR count). The van der Waals surface area contributed by atoms with Gasteiger partial charge in [-0.05, 0) is 24.3 Å². The van der Waals surface area contributed by atoms with Gasteiger partial charge in [-0.1, -0.05) is 6.92 Å². The summed E-state index contributed by atoms with van der Waals surface area (Å²) in [6.07, 6.45) is 0.707. The first-order valence-electron chi connectivity index (χ1n) is 5.47. The van der Waals surface area contributed by atoms with Crippen LogP contribution in [0.25, 0.3) is 0 Å². The van der Waals surface area contributed by atoms with Gasteiger partial charge in [0.1, 0.15) is 5.76 Å². The first-order chi connectivity index (χ1) is 8.65.